The van der Waals surface area contributed by atoms with Gasteiger partial charge in [-0.05, 0) is 12.1 Å². The molecule has 0 aliphatic carbocycles. The third kappa shape index (κ3) is 6.21. The molecule has 0 aliphatic heterocycles. The Balaban J connectivity index is 2.32. The van der Waals surface area contributed by atoms with E-state index in [1.54, 1.807) is 18.2 Å². The molecule has 0 spiro atoms. The lowest BCUT2D eigenvalue weighted by atomic mass is 10.2. The standard InChI is InChI=1S/C12H17NO5S/c1-19(16,17)9-7-13-6-8-18-11-5-3-2-4-10(11)12(14)15/h2-5,13H,6-9H2,1H3,(H,14,15). The molecule has 0 heterocycles. The molecule has 1 aromatic carbocycles. The van der Waals surface area contributed by atoms with Crippen molar-refractivity contribution in [1.82, 2.24) is 5.32 Å². The minimum atomic E-state index is -2.96. The Morgan fingerprint density at radius 2 is 2.00 bits per heavy atom. The summed E-state index contributed by atoms with van der Waals surface area (Å²) in [6.45, 7) is 1.07. The zero-order chi connectivity index (χ0) is 14.3. The van der Waals surface area contributed by atoms with Gasteiger partial charge in [0.25, 0.3) is 0 Å². The van der Waals surface area contributed by atoms with Crippen molar-refractivity contribution in [2.75, 3.05) is 31.7 Å². The first-order valence-electron chi connectivity index (χ1n) is 5.74. The second-order valence-electron chi connectivity index (χ2n) is 4.03. The highest BCUT2D eigenvalue weighted by atomic mass is 32.2. The van der Waals surface area contributed by atoms with Crippen LogP contribution in [0.3, 0.4) is 0 Å². The number of hydrogen-bond acceptors (Lipinski definition) is 5. The molecule has 0 fully saturated rings. The summed E-state index contributed by atoms with van der Waals surface area (Å²) in [5.41, 5.74) is 0.110. The maximum absolute atomic E-state index is 10.9. The maximum Gasteiger partial charge on any atom is 0.339 e. The van der Waals surface area contributed by atoms with E-state index in [0.717, 1.165) is 0 Å². The quantitative estimate of drug-likeness (QED) is 0.672. The van der Waals surface area contributed by atoms with E-state index >= 15 is 0 Å². The zero-order valence-corrected chi connectivity index (χ0v) is 11.4. The number of para-hydroxylation sites is 1. The van der Waals surface area contributed by atoms with E-state index < -0.39 is 15.8 Å². The lowest BCUT2D eigenvalue weighted by Gasteiger charge is -2.09. The Morgan fingerprint density at radius 1 is 1.32 bits per heavy atom. The summed E-state index contributed by atoms with van der Waals surface area (Å²) in [4.78, 5) is 10.9. The molecule has 7 heteroatoms. The van der Waals surface area contributed by atoms with Gasteiger partial charge < -0.3 is 15.2 Å². The van der Waals surface area contributed by atoms with Gasteiger partial charge in [-0.3, -0.25) is 0 Å². The second kappa shape index (κ2) is 7.10. The van der Waals surface area contributed by atoms with Gasteiger partial charge >= 0.3 is 5.97 Å². The number of nitrogens with one attached hydrogen (secondary N) is 1. The average molecular weight is 287 g/mol. The van der Waals surface area contributed by atoms with Gasteiger partial charge in [0, 0.05) is 19.3 Å². The number of sulfone groups is 1. The summed E-state index contributed by atoms with van der Waals surface area (Å²) in [7, 11) is -2.96. The minimum absolute atomic E-state index is 0.0682. The SMILES string of the molecule is CS(=O)(=O)CCNCCOc1ccccc1C(=O)O. The Labute approximate surface area is 112 Å². The first-order valence-corrected chi connectivity index (χ1v) is 7.80. The third-order valence-electron chi connectivity index (χ3n) is 2.30. The number of aromatic carboxylic acids is 1. The summed E-state index contributed by atoms with van der Waals surface area (Å²) in [5.74, 6) is -0.667. The molecule has 1 aromatic rings. The molecule has 0 aliphatic rings. The van der Waals surface area contributed by atoms with Crippen LogP contribution in [0.25, 0.3) is 0 Å². The molecule has 0 atom stereocenters. The summed E-state index contributed by atoms with van der Waals surface area (Å²) in [6.07, 6.45) is 1.17. The topological polar surface area (TPSA) is 92.7 Å². The van der Waals surface area contributed by atoms with Crippen LogP contribution in [-0.2, 0) is 9.84 Å². The van der Waals surface area contributed by atoms with Crippen LogP contribution < -0.4 is 10.1 Å². The van der Waals surface area contributed by atoms with E-state index in [0.29, 0.717) is 18.8 Å². The van der Waals surface area contributed by atoms with Crippen LogP contribution >= 0.6 is 0 Å². The van der Waals surface area contributed by atoms with Gasteiger partial charge in [-0.1, -0.05) is 12.1 Å². The van der Waals surface area contributed by atoms with Gasteiger partial charge in [-0.25, -0.2) is 13.2 Å². The average Bonchev–Trinajstić information content (AvgIpc) is 2.32. The molecular formula is C12H17NO5S. The van der Waals surface area contributed by atoms with Crippen LogP contribution in [0.4, 0.5) is 0 Å². The molecule has 0 bridgehead atoms. The molecule has 2 N–H and O–H groups in total. The molecule has 0 saturated carbocycles. The Bertz CT molecular complexity index is 527. The van der Waals surface area contributed by atoms with Crippen molar-refractivity contribution >= 4 is 15.8 Å². The highest BCUT2D eigenvalue weighted by Gasteiger charge is 2.09. The number of hydrogen-bond donors (Lipinski definition) is 2. The molecule has 0 saturated heterocycles. The van der Waals surface area contributed by atoms with Crippen LogP contribution in [-0.4, -0.2) is 51.2 Å². The number of ether oxygens (including phenoxy) is 1. The van der Waals surface area contributed by atoms with Crippen LogP contribution in [0.5, 0.6) is 5.75 Å². The normalized spacial score (nSPS) is 11.2. The highest BCUT2D eigenvalue weighted by Crippen LogP contribution is 2.17. The molecule has 0 unspecified atom stereocenters. The van der Waals surface area contributed by atoms with Crippen molar-refractivity contribution in [3.63, 3.8) is 0 Å². The smallest absolute Gasteiger partial charge is 0.339 e. The van der Waals surface area contributed by atoms with Crippen molar-refractivity contribution in [2.24, 2.45) is 0 Å². The fourth-order valence-corrected chi connectivity index (χ4v) is 1.90. The highest BCUT2D eigenvalue weighted by molar-refractivity contribution is 7.90. The van der Waals surface area contributed by atoms with E-state index in [1.807, 2.05) is 0 Å². The molecule has 0 radical (unpaired) electrons. The van der Waals surface area contributed by atoms with Crippen molar-refractivity contribution < 1.29 is 23.1 Å². The van der Waals surface area contributed by atoms with Crippen molar-refractivity contribution in [3.05, 3.63) is 29.8 Å². The van der Waals surface area contributed by atoms with Gasteiger partial charge in [0.15, 0.2) is 0 Å². The van der Waals surface area contributed by atoms with Crippen molar-refractivity contribution in [1.29, 1.82) is 0 Å². The van der Waals surface area contributed by atoms with E-state index in [9.17, 15) is 13.2 Å². The molecule has 0 amide bonds. The van der Waals surface area contributed by atoms with E-state index in [-0.39, 0.29) is 17.9 Å². The summed E-state index contributed by atoms with van der Waals surface area (Å²) in [5, 5.41) is 11.8. The van der Waals surface area contributed by atoms with Crippen LogP contribution in [0.15, 0.2) is 24.3 Å². The van der Waals surface area contributed by atoms with Gasteiger partial charge in [-0.15, -0.1) is 0 Å². The first-order chi connectivity index (χ1) is 8.90. The van der Waals surface area contributed by atoms with E-state index in [2.05, 4.69) is 5.32 Å². The monoisotopic (exact) mass is 287 g/mol. The predicted octanol–water partition coefficient (Wildman–Crippen LogP) is 0.398. The lowest BCUT2D eigenvalue weighted by molar-refractivity contribution is 0.0692. The Morgan fingerprint density at radius 3 is 2.63 bits per heavy atom. The minimum Gasteiger partial charge on any atom is -0.491 e. The molecular weight excluding hydrogens is 270 g/mol. The third-order valence-corrected chi connectivity index (χ3v) is 3.25. The largest absolute Gasteiger partial charge is 0.491 e. The van der Waals surface area contributed by atoms with Crippen molar-refractivity contribution in [3.8, 4) is 5.75 Å². The number of benzene rings is 1. The lowest BCUT2D eigenvalue weighted by Crippen LogP contribution is -2.26. The predicted molar refractivity (Wildman–Crippen MR) is 71.5 cm³/mol. The van der Waals surface area contributed by atoms with Crippen molar-refractivity contribution in [2.45, 2.75) is 0 Å². The summed E-state index contributed by atoms with van der Waals surface area (Å²) < 4.78 is 27.1. The van der Waals surface area contributed by atoms with Crippen LogP contribution in [0, 0.1) is 0 Å². The van der Waals surface area contributed by atoms with Crippen LogP contribution in [0.1, 0.15) is 10.4 Å². The van der Waals surface area contributed by atoms with E-state index in [4.69, 9.17) is 9.84 Å². The summed E-state index contributed by atoms with van der Waals surface area (Å²) in [6, 6.07) is 6.37. The van der Waals surface area contributed by atoms with E-state index in [1.165, 1.54) is 12.3 Å². The number of carboxylic acids is 1. The molecule has 106 valence electrons. The van der Waals surface area contributed by atoms with Gasteiger partial charge in [0.2, 0.25) is 0 Å². The Kier molecular flexibility index (Phi) is 5.78. The maximum atomic E-state index is 10.9. The zero-order valence-electron chi connectivity index (χ0n) is 10.6. The molecule has 19 heavy (non-hydrogen) atoms. The first kappa shape index (κ1) is 15.5. The fraction of sp³-hybridized carbons (Fsp3) is 0.417. The molecule has 0 aromatic heterocycles. The second-order valence-corrected chi connectivity index (χ2v) is 6.29. The van der Waals surface area contributed by atoms with Gasteiger partial charge in [0.1, 0.15) is 27.8 Å². The number of carboxylic acid groups (broad SMARTS) is 1. The number of rotatable bonds is 8. The fourth-order valence-electron chi connectivity index (χ4n) is 1.38. The number of carbonyl (C=O) groups is 1. The van der Waals surface area contributed by atoms with Gasteiger partial charge in [-0.2, -0.15) is 0 Å². The van der Waals surface area contributed by atoms with Crippen LogP contribution in [0.2, 0.25) is 0 Å². The Hall–Kier alpha value is -1.60. The van der Waals surface area contributed by atoms with Gasteiger partial charge in [0.05, 0.1) is 5.75 Å². The molecule has 6 nitrogen and oxygen atoms in total. The molecule has 1 rings (SSSR count). The summed E-state index contributed by atoms with van der Waals surface area (Å²) >= 11 is 0.